The molecule has 0 unspecified atom stereocenters. The highest BCUT2D eigenvalue weighted by atomic mass is 16.4. The van der Waals surface area contributed by atoms with Gasteiger partial charge in [-0.3, -0.25) is 9.78 Å². The molecule has 6 heteroatoms. The van der Waals surface area contributed by atoms with Crippen molar-refractivity contribution in [1.29, 1.82) is 0 Å². The number of pyridine rings is 1. The maximum Gasteiger partial charge on any atom is 0.337 e. The van der Waals surface area contributed by atoms with Crippen LogP contribution in [0.1, 0.15) is 44.9 Å². The molecule has 1 N–H and O–H groups in total. The molecular formula is C22H19N3O3. The monoisotopic (exact) mass is 373 g/mol. The molecule has 1 saturated carbocycles. The molecule has 0 bridgehead atoms. The summed E-state index contributed by atoms with van der Waals surface area (Å²) in [7, 11) is 1.81. The van der Waals surface area contributed by atoms with Gasteiger partial charge >= 0.3 is 5.97 Å². The summed E-state index contributed by atoms with van der Waals surface area (Å²) >= 11 is 0. The lowest BCUT2D eigenvalue weighted by Gasteiger charge is -2.27. The number of aromatic carboxylic acids is 1. The van der Waals surface area contributed by atoms with Gasteiger partial charge in [0.25, 0.3) is 5.91 Å². The first-order chi connectivity index (χ1) is 13.4. The zero-order valence-electron chi connectivity index (χ0n) is 15.6. The van der Waals surface area contributed by atoms with Gasteiger partial charge < -0.3 is 14.6 Å². The van der Waals surface area contributed by atoms with E-state index in [1.54, 1.807) is 28.9 Å². The number of carboxylic acids is 1. The number of carboxylic acid groups (broad SMARTS) is 1. The molecule has 0 atom stereocenters. The maximum absolute atomic E-state index is 13.1. The van der Waals surface area contributed by atoms with Gasteiger partial charge in [-0.15, -0.1) is 0 Å². The van der Waals surface area contributed by atoms with Crippen LogP contribution in [-0.2, 0) is 5.54 Å². The number of amides is 1. The Morgan fingerprint density at radius 2 is 2.00 bits per heavy atom. The summed E-state index contributed by atoms with van der Waals surface area (Å²) in [5.74, 6) is -1.20. The van der Waals surface area contributed by atoms with Crippen LogP contribution in [0.4, 0.5) is 0 Å². The summed E-state index contributed by atoms with van der Waals surface area (Å²) < 4.78 is 1.74. The highest BCUT2D eigenvalue weighted by Crippen LogP contribution is 2.54. The number of hydrogen-bond acceptors (Lipinski definition) is 3. The fourth-order valence-electron chi connectivity index (χ4n) is 4.30. The fourth-order valence-corrected chi connectivity index (χ4v) is 4.30. The average molecular weight is 373 g/mol. The molecule has 1 spiro atoms. The predicted octanol–water partition coefficient (Wildman–Crippen LogP) is 3.62. The quantitative estimate of drug-likeness (QED) is 0.744. The number of aryl methyl sites for hydroxylation is 1. The van der Waals surface area contributed by atoms with E-state index in [9.17, 15) is 14.7 Å². The molecule has 0 saturated heterocycles. The van der Waals surface area contributed by atoms with Gasteiger partial charge in [-0.05, 0) is 43.5 Å². The van der Waals surface area contributed by atoms with Crippen LogP contribution < -0.4 is 0 Å². The van der Waals surface area contributed by atoms with Crippen LogP contribution in [0, 0.1) is 6.92 Å². The van der Waals surface area contributed by atoms with Crippen LogP contribution in [0.25, 0.3) is 16.8 Å². The molecule has 5 rings (SSSR count). The molecule has 2 aliphatic rings. The van der Waals surface area contributed by atoms with Crippen molar-refractivity contribution in [3.63, 3.8) is 0 Å². The number of carbonyl (C=O) groups is 2. The van der Waals surface area contributed by atoms with E-state index < -0.39 is 5.97 Å². The smallest absolute Gasteiger partial charge is 0.337 e. The van der Waals surface area contributed by atoms with E-state index in [1.165, 1.54) is 6.07 Å². The molecule has 3 aromatic rings. The lowest BCUT2D eigenvalue weighted by Crippen LogP contribution is -2.36. The molecule has 1 fully saturated rings. The Hall–Kier alpha value is -3.41. The fraction of sp³-hybridized carbons (Fsp3) is 0.227. The number of hydrogen-bond donors (Lipinski definition) is 1. The van der Waals surface area contributed by atoms with Crippen molar-refractivity contribution in [2.75, 3.05) is 7.05 Å². The molecule has 1 aliphatic carbocycles. The predicted molar refractivity (Wildman–Crippen MR) is 104 cm³/mol. The third kappa shape index (κ3) is 2.17. The normalized spacial score (nSPS) is 16.5. The van der Waals surface area contributed by atoms with Gasteiger partial charge in [-0.25, -0.2) is 4.79 Å². The Balaban J connectivity index is 1.80. The minimum Gasteiger partial charge on any atom is -0.478 e. The number of benzene rings is 1. The van der Waals surface area contributed by atoms with E-state index in [4.69, 9.17) is 0 Å². The van der Waals surface area contributed by atoms with Crippen LogP contribution >= 0.6 is 0 Å². The topological polar surface area (TPSA) is 75.4 Å². The molecule has 2 aromatic heterocycles. The zero-order valence-corrected chi connectivity index (χ0v) is 15.6. The molecule has 140 valence electrons. The average Bonchev–Trinajstić information content (AvgIpc) is 3.38. The first-order valence-electron chi connectivity index (χ1n) is 9.23. The van der Waals surface area contributed by atoms with Gasteiger partial charge in [0.05, 0.1) is 16.8 Å². The van der Waals surface area contributed by atoms with Gasteiger partial charge in [0, 0.05) is 36.3 Å². The Morgan fingerprint density at radius 3 is 2.68 bits per heavy atom. The van der Waals surface area contributed by atoms with Crippen LogP contribution in [-0.4, -0.2) is 38.5 Å². The second-order valence-corrected chi connectivity index (χ2v) is 7.55. The minimum atomic E-state index is -1.04. The van der Waals surface area contributed by atoms with Crippen LogP contribution in [0.15, 0.2) is 48.8 Å². The minimum absolute atomic E-state index is 0.109. The molecule has 3 heterocycles. The van der Waals surface area contributed by atoms with Crippen LogP contribution in [0.3, 0.4) is 0 Å². The second-order valence-electron chi connectivity index (χ2n) is 7.55. The van der Waals surface area contributed by atoms with Crippen molar-refractivity contribution in [1.82, 2.24) is 14.5 Å². The number of rotatable bonds is 2. The molecule has 0 radical (unpaired) electrons. The van der Waals surface area contributed by atoms with Gasteiger partial charge in [0.1, 0.15) is 5.69 Å². The molecule has 28 heavy (non-hydrogen) atoms. The first kappa shape index (κ1) is 16.7. The molecule has 6 nitrogen and oxygen atoms in total. The van der Waals surface area contributed by atoms with Gasteiger partial charge in [-0.1, -0.05) is 18.2 Å². The molecule has 1 amide bonds. The summed E-state index contributed by atoms with van der Waals surface area (Å²) in [5, 5.41) is 9.44. The third-order valence-electron chi connectivity index (χ3n) is 6.03. The van der Waals surface area contributed by atoms with Crippen molar-refractivity contribution in [3.8, 4) is 16.8 Å². The van der Waals surface area contributed by atoms with E-state index in [2.05, 4.69) is 17.1 Å². The van der Waals surface area contributed by atoms with E-state index >= 15 is 0 Å². The summed E-state index contributed by atoms with van der Waals surface area (Å²) in [5.41, 5.74) is 5.03. The summed E-state index contributed by atoms with van der Waals surface area (Å²) in [6.45, 7) is 1.96. The van der Waals surface area contributed by atoms with Crippen molar-refractivity contribution in [3.05, 3.63) is 71.3 Å². The van der Waals surface area contributed by atoms with Crippen LogP contribution in [0.2, 0.25) is 0 Å². The molecule has 1 aliphatic heterocycles. The van der Waals surface area contributed by atoms with Crippen molar-refractivity contribution >= 4 is 11.9 Å². The van der Waals surface area contributed by atoms with Crippen molar-refractivity contribution < 1.29 is 14.7 Å². The Labute approximate surface area is 162 Å². The summed E-state index contributed by atoms with van der Waals surface area (Å²) in [6, 6.07) is 11.6. The van der Waals surface area contributed by atoms with Gasteiger partial charge in [0.2, 0.25) is 0 Å². The van der Waals surface area contributed by atoms with Crippen molar-refractivity contribution in [2.45, 2.75) is 25.3 Å². The zero-order chi connectivity index (χ0) is 19.6. The number of fused-ring (bicyclic) bond motifs is 4. The standard InChI is InChI=1S/C22H19N3O3/c1-13-16(4-3-9-23-13)14-5-6-17-18(10-14)25-12-15(21(27)28)11-19(25)20(26)24(2)22(17)7-8-22/h3-6,9-12H,7-8H2,1-2H3,(H,27,28). The van der Waals surface area contributed by atoms with Crippen LogP contribution in [0.5, 0.6) is 0 Å². The summed E-state index contributed by atoms with van der Waals surface area (Å²) in [6.07, 6.45) is 5.12. The van der Waals surface area contributed by atoms with Gasteiger partial charge in [0.15, 0.2) is 0 Å². The maximum atomic E-state index is 13.1. The molecule has 1 aromatic carbocycles. The number of aromatic nitrogens is 2. The second kappa shape index (κ2) is 5.55. The number of carbonyl (C=O) groups excluding carboxylic acids is 1. The highest BCUT2D eigenvalue weighted by Gasteiger charge is 2.53. The highest BCUT2D eigenvalue weighted by molar-refractivity contribution is 5.99. The largest absolute Gasteiger partial charge is 0.478 e. The van der Waals surface area contributed by atoms with E-state index in [-0.39, 0.29) is 17.0 Å². The lowest BCUT2D eigenvalue weighted by molar-refractivity contribution is 0.0695. The van der Waals surface area contributed by atoms with E-state index in [0.29, 0.717) is 5.69 Å². The van der Waals surface area contributed by atoms with Crippen molar-refractivity contribution in [2.24, 2.45) is 0 Å². The SMILES string of the molecule is Cc1ncccc1-c1ccc2c(c1)-n1cc(C(=O)O)cc1C(=O)N(C)C21CC1. The summed E-state index contributed by atoms with van der Waals surface area (Å²) in [4.78, 5) is 30.8. The lowest BCUT2D eigenvalue weighted by atomic mass is 9.96. The number of nitrogens with zero attached hydrogens (tertiary/aromatic N) is 3. The first-order valence-corrected chi connectivity index (χ1v) is 9.23. The third-order valence-corrected chi connectivity index (χ3v) is 6.03. The van der Waals surface area contributed by atoms with E-state index in [0.717, 1.165) is 40.9 Å². The Morgan fingerprint density at radius 1 is 1.21 bits per heavy atom. The van der Waals surface area contributed by atoms with E-state index in [1.807, 2.05) is 25.1 Å². The van der Waals surface area contributed by atoms with Gasteiger partial charge in [-0.2, -0.15) is 0 Å². The Bertz CT molecular complexity index is 1160. The molecular weight excluding hydrogens is 354 g/mol. The Kier molecular flexibility index (Phi) is 3.32.